The Labute approximate surface area is 503 Å². The molecule has 3 aliphatic heterocycles. The Morgan fingerprint density at radius 2 is 1.33 bits per heavy atom. The molecule has 478 valence electrons. The van der Waals surface area contributed by atoms with E-state index in [-0.39, 0.29) is 32.0 Å². The van der Waals surface area contributed by atoms with Gasteiger partial charge >= 0.3 is 29.8 Å². The number of nitrogens with one attached hydrogen (secondary N) is 1. The zero-order valence-corrected chi connectivity index (χ0v) is 51.1. The maximum absolute atomic E-state index is 14.7. The monoisotopic (exact) mass is 1240 g/mol. The molecule has 3 heterocycles. The number of hydrogen-bond acceptors (Lipinski definition) is 25. The van der Waals surface area contributed by atoms with E-state index in [2.05, 4.69) is 35.0 Å². The minimum absolute atomic E-state index is 0.0555. The number of carbonyl (C=O) groups excluding carboxylic acids is 6. The second kappa shape index (κ2) is 32.4. The Kier molecular flexibility index (Phi) is 25.8. The number of aliphatic hydroxyl groups is 3. The molecule has 3 saturated heterocycles. The summed E-state index contributed by atoms with van der Waals surface area (Å²) in [6.07, 6.45) is -26.0. The molecule has 0 unspecified atom stereocenters. The standard InChI is InChI=1S/C58H78N4O24Si/c1-32(63)61-45-41(79-33(2)64)26-58(57(71)74-7,85-50(45)49(81-35(4)66)42(27-60-62-59)80-34(3)65)86-51-46(67)44(31-78-54(70)38-14-12-11-13-15-38)82-55(48(51)69)84-52-47(68)43(30-75-28-36-16-20-39(72-5)21-17-36)83-56(76-24-25-87(8,9)10)53(52)77-29-37-18-22-40(73-6)23-19-37/h11-23,41-53,55-56,67-69H,24-31H2,1-10H3,(H,61,63)/t41-,42+,43+,44+,45+,46-,47-,48+,49+,50+,51-,52-,53+,55-,56+,58-/m0/s1. The van der Waals surface area contributed by atoms with Gasteiger partial charge in [0.15, 0.2) is 18.7 Å². The molecule has 0 spiro atoms. The number of ether oxygens (including phenoxy) is 15. The fourth-order valence-corrected chi connectivity index (χ4v) is 10.6. The molecule has 29 heteroatoms. The van der Waals surface area contributed by atoms with E-state index in [0.29, 0.717) is 23.1 Å². The third kappa shape index (κ3) is 19.6. The molecule has 3 aromatic carbocycles. The minimum atomic E-state index is -3.02. The predicted molar refractivity (Wildman–Crippen MR) is 303 cm³/mol. The Morgan fingerprint density at radius 1 is 0.736 bits per heavy atom. The van der Waals surface area contributed by atoms with Crippen molar-refractivity contribution in [1.29, 1.82) is 0 Å². The fourth-order valence-electron chi connectivity index (χ4n) is 9.84. The lowest BCUT2D eigenvalue weighted by Crippen LogP contribution is -2.71. The van der Waals surface area contributed by atoms with Gasteiger partial charge in [-0.3, -0.25) is 19.2 Å². The first-order chi connectivity index (χ1) is 41.4. The van der Waals surface area contributed by atoms with Crippen LogP contribution in [0.3, 0.4) is 0 Å². The zero-order chi connectivity index (χ0) is 63.6. The average Bonchev–Trinajstić information content (AvgIpc) is 1.04. The van der Waals surface area contributed by atoms with Gasteiger partial charge in [-0.2, -0.15) is 0 Å². The lowest BCUT2D eigenvalue weighted by atomic mass is 9.87. The van der Waals surface area contributed by atoms with Crippen LogP contribution in [0.15, 0.2) is 84.0 Å². The van der Waals surface area contributed by atoms with Gasteiger partial charge in [0, 0.05) is 47.3 Å². The normalized spacial score (nSPS) is 27.9. The third-order valence-corrected chi connectivity index (χ3v) is 15.8. The van der Waals surface area contributed by atoms with Crippen molar-refractivity contribution in [2.75, 3.05) is 47.7 Å². The van der Waals surface area contributed by atoms with Crippen LogP contribution in [0.4, 0.5) is 0 Å². The van der Waals surface area contributed by atoms with E-state index in [0.717, 1.165) is 40.4 Å². The molecule has 16 atom stereocenters. The number of nitrogens with zero attached hydrogens (tertiary/aromatic N) is 3. The molecular weight excluding hydrogens is 1160 g/mol. The maximum Gasteiger partial charge on any atom is 0.366 e. The fraction of sp³-hybridized carbons (Fsp3) is 0.586. The number of aliphatic hydroxyl groups excluding tert-OH is 3. The van der Waals surface area contributed by atoms with Crippen LogP contribution in [-0.2, 0) is 98.8 Å². The molecule has 28 nitrogen and oxygen atoms in total. The van der Waals surface area contributed by atoms with Gasteiger partial charge in [0.25, 0.3) is 5.79 Å². The molecule has 3 aromatic rings. The number of methoxy groups -OCH3 is 3. The van der Waals surface area contributed by atoms with E-state index >= 15 is 0 Å². The van der Waals surface area contributed by atoms with Gasteiger partial charge in [-0.15, -0.1) is 0 Å². The summed E-state index contributed by atoms with van der Waals surface area (Å²) in [5.41, 5.74) is 10.9. The van der Waals surface area contributed by atoms with Gasteiger partial charge in [-0.05, 0) is 59.1 Å². The molecule has 87 heavy (non-hydrogen) atoms. The molecule has 0 bridgehead atoms. The summed E-state index contributed by atoms with van der Waals surface area (Å²) in [5.74, 6) is -7.97. The van der Waals surface area contributed by atoms with Gasteiger partial charge in [0.2, 0.25) is 5.91 Å². The van der Waals surface area contributed by atoms with Gasteiger partial charge in [0.1, 0.15) is 85.2 Å². The van der Waals surface area contributed by atoms with Gasteiger partial charge in [0.05, 0.1) is 65.7 Å². The van der Waals surface area contributed by atoms with Crippen molar-refractivity contribution in [1.82, 2.24) is 5.32 Å². The lowest BCUT2D eigenvalue weighted by molar-refractivity contribution is -0.389. The molecule has 0 radical (unpaired) electrons. The van der Waals surface area contributed by atoms with Crippen LogP contribution < -0.4 is 14.8 Å². The average molecular weight is 1240 g/mol. The van der Waals surface area contributed by atoms with Crippen LogP contribution in [0.5, 0.6) is 11.5 Å². The molecule has 0 saturated carbocycles. The van der Waals surface area contributed by atoms with E-state index in [9.17, 15) is 49.6 Å². The summed E-state index contributed by atoms with van der Waals surface area (Å²) in [4.78, 5) is 82.6. The summed E-state index contributed by atoms with van der Waals surface area (Å²) in [7, 11) is 2.18. The molecule has 0 aromatic heterocycles. The summed E-state index contributed by atoms with van der Waals surface area (Å²) >= 11 is 0. The van der Waals surface area contributed by atoms with Crippen LogP contribution >= 0.6 is 0 Å². The van der Waals surface area contributed by atoms with E-state index in [4.69, 9.17) is 71.1 Å². The first kappa shape index (κ1) is 69.3. The third-order valence-electron chi connectivity index (χ3n) is 14.1. The quantitative estimate of drug-likeness (QED) is 0.0193. The van der Waals surface area contributed by atoms with E-state index in [1.165, 1.54) is 26.4 Å². The Morgan fingerprint density at radius 3 is 1.90 bits per heavy atom. The highest BCUT2D eigenvalue weighted by Gasteiger charge is 2.63. The van der Waals surface area contributed by atoms with Gasteiger partial charge < -0.3 is 91.7 Å². The second-order valence-corrected chi connectivity index (χ2v) is 27.5. The number of hydrogen-bond donors (Lipinski definition) is 4. The number of azide groups is 1. The molecule has 3 fully saturated rings. The van der Waals surface area contributed by atoms with Crippen LogP contribution in [0.1, 0.15) is 55.6 Å². The SMILES string of the molecule is COC(=O)[C@@]1(O[C@H]2[C@@H](O)[C@@H](COC(=O)c3ccccc3)O[C@@H](O[C@H]3[C@@H](O)[C@@H](COCc4ccc(OC)cc4)O[C@@H](OCC[Si](C)(C)C)[C@@H]3OCc3ccc(OC)cc3)[C@@H]2O)C[C@H](OC(C)=O)[C@@H](NC(C)=O)[C@H]([C@H](OC(C)=O)[C@@H](CN=[N+]=[N-])OC(C)=O)O1. The molecule has 1 amide bonds. The van der Waals surface area contributed by atoms with Crippen molar-refractivity contribution in [2.24, 2.45) is 5.11 Å². The van der Waals surface area contributed by atoms with Gasteiger partial charge in [-0.1, -0.05) is 67.2 Å². The molecule has 3 aliphatic rings. The maximum atomic E-state index is 14.7. The summed E-state index contributed by atoms with van der Waals surface area (Å²) < 4.78 is 90.2. The van der Waals surface area contributed by atoms with Crippen molar-refractivity contribution in [2.45, 2.75) is 171 Å². The number of carbonyl (C=O) groups is 6. The zero-order valence-electron chi connectivity index (χ0n) is 50.1. The van der Waals surface area contributed by atoms with Gasteiger partial charge in [-0.25, -0.2) is 9.59 Å². The highest BCUT2D eigenvalue weighted by atomic mass is 28.3. The number of rotatable bonds is 29. The van der Waals surface area contributed by atoms with Crippen molar-refractivity contribution in [3.8, 4) is 11.5 Å². The summed E-state index contributed by atoms with van der Waals surface area (Å²) in [6, 6.07) is 20.8. The largest absolute Gasteiger partial charge is 0.497 e. The highest BCUT2D eigenvalue weighted by Crippen LogP contribution is 2.41. The first-order valence-electron chi connectivity index (χ1n) is 27.9. The van der Waals surface area contributed by atoms with Crippen LogP contribution in [0.2, 0.25) is 25.7 Å². The smallest absolute Gasteiger partial charge is 0.366 e. The highest BCUT2D eigenvalue weighted by molar-refractivity contribution is 6.76. The topological polar surface area (TPSA) is 362 Å². The Hall–Kier alpha value is -6.83. The van der Waals surface area contributed by atoms with Crippen molar-refractivity contribution >= 4 is 43.8 Å². The van der Waals surface area contributed by atoms with Crippen molar-refractivity contribution in [3.05, 3.63) is 106 Å². The van der Waals surface area contributed by atoms with E-state index in [1.54, 1.807) is 66.7 Å². The van der Waals surface area contributed by atoms with Crippen LogP contribution in [0.25, 0.3) is 10.4 Å². The molecule has 6 rings (SSSR count). The predicted octanol–water partition coefficient (Wildman–Crippen LogP) is 3.59. The Bertz CT molecular complexity index is 2790. The van der Waals surface area contributed by atoms with Crippen molar-refractivity contribution in [3.63, 3.8) is 0 Å². The van der Waals surface area contributed by atoms with Crippen LogP contribution in [-0.4, -0.2) is 204 Å². The summed E-state index contributed by atoms with van der Waals surface area (Å²) in [5, 5.41) is 43.9. The Balaban J connectivity index is 1.48. The van der Waals surface area contributed by atoms with Crippen LogP contribution in [0, 0.1) is 0 Å². The second-order valence-electron chi connectivity index (χ2n) is 21.9. The minimum Gasteiger partial charge on any atom is -0.497 e. The van der Waals surface area contributed by atoms with E-state index in [1.807, 2.05) is 0 Å². The first-order valence-corrected chi connectivity index (χ1v) is 31.6. The number of amides is 1. The number of esters is 5. The van der Waals surface area contributed by atoms with E-state index < -0.39 is 161 Å². The molecule has 0 aliphatic carbocycles. The number of benzene rings is 3. The molecular formula is C58H78N4O24Si. The van der Waals surface area contributed by atoms with Crippen molar-refractivity contribution < 1.29 is 115 Å². The summed E-state index contributed by atoms with van der Waals surface area (Å²) in [6.45, 7) is 8.75. The molecule has 4 N–H and O–H groups in total. The lowest BCUT2D eigenvalue weighted by Gasteiger charge is -2.51.